The van der Waals surface area contributed by atoms with Gasteiger partial charge in [-0.25, -0.2) is 0 Å². The summed E-state index contributed by atoms with van der Waals surface area (Å²) in [4.78, 5) is 49.5. The summed E-state index contributed by atoms with van der Waals surface area (Å²) in [6, 6.07) is 16.3. The smallest absolute Gasteiger partial charge is 0.294 e. The maximum atomic E-state index is 12.9. The van der Waals surface area contributed by atoms with E-state index in [4.69, 9.17) is 9.47 Å². The monoisotopic (exact) mass is 689 g/mol. The molecule has 0 spiro atoms. The molecule has 0 saturated carbocycles. The van der Waals surface area contributed by atoms with Crippen molar-refractivity contribution in [3.05, 3.63) is 95.8 Å². The number of carbonyl (C=O) groups excluding carboxylic acids is 3. The number of benzene rings is 3. The molecular weight excluding hydrogens is 670 g/mol. The Bertz CT molecular complexity index is 1490. The van der Waals surface area contributed by atoms with Crippen LogP contribution in [-0.4, -0.2) is 40.0 Å². The number of anilines is 1. The maximum absolute atomic E-state index is 12.9. The molecule has 3 amide bonds. The standard InChI is InChI=1S/C27H21Br2N3O7S/c1-2-38-20-8-6-18(7-9-20)30-24(33)14-31-26(34)23(40-27(31)35)13-17-11-21(28)25(22(29)12-17)39-15-16-4-3-5-19(10-16)32(36)37/h3-13H,2,14-15H2,1H3,(H,30,33)/b23-13+. The third-order valence-corrected chi connectivity index (χ3v) is 7.53. The lowest BCUT2D eigenvalue weighted by Crippen LogP contribution is -2.36. The Balaban J connectivity index is 1.41. The third kappa shape index (κ3) is 7.29. The fourth-order valence-corrected chi connectivity index (χ4v) is 5.94. The summed E-state index contributed by atoms with van der Waals surface area (Å²) in [7, 11) is 0. The molecule has 10 nitrogen and oxygen atoms in total. The maximum Gasteiger partial charge on any atom is 0.294 e. The fraction of sp³-hybridized carbons (Fsp3) is 0.148. The molecule has 0 bridgehead atoms. The van der Waals surface area contributed by atoms with Crippen LogP contribution in [0.5, 0.6) is 11.5 Å². The Hall–Kier alpha value is -3.68. The number of halogens is 2. The number of ether oxygens (including phenoxy) is 2. The molecule has 1 fully saturated rings. The predicted molar refractivity (Wildman–Crippen MR) is 158 cm³/mol. The molecule has 40 heavy (non-hydrogen) atoms. The quantitative estimate of drug-likeness (QED) is 0.140. The molecule has 1 heterocycles. The zero-order chi connectivity index (χ0) is 28.8. The molecule has 0 radical (unpaired) electrons. The van der Waals surface area contributed by atoms with Crippen LogP contribution in [0.2, 0.25) is 0 Å². The fourth-order valence-electron chi connectivity index (χ4n) is 3.65. The highest BCUT2D eigenvalue weighted by Gasteiger charge is 2.36. The SMILES string of the molecule is CCOc1ccc(NC(=O)CN2C(=O)S/C(=C/c3cc(Br)c(OCc4cccc([N+](=O)[O-])c4)c(Br)c3)C2=O)cc1. The van der Waals surface area contributed by atoms with E-state index in [1.165, 1.54) is 12.1 Å². The Morgan fingerprint density at radius 2 is 1.77 bits per heavy atom. The molecule has 13 heteroatoms. The van der Waals surface area contributed by atoms with Crippen LogP contribution in [-0.2, 0) is 16.2 Å². The number of non-ortho nitro benzene ring substituents is 1. The summed E-state index contributed by atoms with van der Waals surface area (Å²) >= 11 is 7.65. The van der Waals surface area contributed by atoms with Gasteiger partial charge in [0.15, 0.2) is 0 Å². The normalized spacial score (nSPS) is 14.0. The van der Waals surface area contributed by atoms with Gasteiger partial charge in [0.05, 0.1) is 25.4 Å². The minimum absolute atomic E-state index is 0.0304. The molecule has 1 saturated heterocycles. The topological polar surface area (TPSA) is 128 Å². The second-order valence-corrected chi connectivity index (χ2v) is 11.0. The van der Waals surface area contributed by atoms with E-state index in [-0.39, 0.29) is 17.2 Å². The van der Waals surface area contributed by atoms with Gasteiger partial charge in [-0.15, -0.1) is 0 Å². The van der Waals surface area contributed by atoms with Gasteiger partial charge in [-0.05, 0) is 104 Å². The van der Waals surface area contributed by atoms with Gasteiger partial charge in [0.2, 0.25) is 5.91 Å². The predicted octanol–water partition coefficient (Wildman–Crippen LogP) is 6.77. The third-order valence-electron chi connectivity index (χ3n) is 5.45. The van der Waals surface area contributed by atoms with E-state index in [0.29, 0.717) is 43.9 Å². The number of nitro groups is 1. The van der Waals surface area contributed by atoms with Gasteiger partial charge in [-0.3, -0.25) is 29.4 Å². The van der Waals surface area contributed by atoms with E-state index in [1.807, 2.05) is 6.92 Å². The number of hydrogen-bond donors (Lipinski definition) is 1. The molecular formula is C27H21Br2N3O7S. The summed E-state index contributed by atoms with van der Waals surface area (Å²) in [5, 5.41) is 13.1. The molecule has 3 aromatic carbocycles. The first kappa shape index (κ1) is 29.3. The van der Waals surface area contributed by atoms with Crippen LogP contribution in [0.3, 0.4) is 0 Å². The number of nitro benzene ring substituents is 1. The van der Waals surface area contributed by atoms with Crippen molar-refractivity contribution in [3.63, 3.8) is 0 Å². The highest BCUT2D eigenvalue weighted by molar-refractivity contribution is 9.11. The van der Waals surface area contributed by atoms with E-state index in [0.717, 1.165) is 16.7 Å². The zero-order valence-corrected chi connectivity index (χ0v) is 24.9. The number of thioether (sulfide) groups is 1. The zero-order valence-electron chi connectivity index (χ0n) is 20.9. The average Bonchev–Trinajstić information content (AvgIpc) is 3.16. The number of imide groups is 1. The molecule has 0 atom stereocenters. The Labute approximate surface area is 250 Å². The van der Waals surface area contributed by atoms with E-state index in [1.54, 1.807) is 54.6 Å². The lowest BCUT2D eigenvalue weighted by atomic mass is 10.2. The van der Waals surface area contributed by atoms with Gasteiger partial charge in [-0.1, -0.05) is 12.1 Å². The van der Waals surface area contributed by atoms with Crippen LogP contribution < -0.4 is 14.8 Å². The number of amides is 3. The second kappa shape index (κ2) is 13.1. The Kier molecular flexibility index (Phi) is 9.61. The van der Waals surface area contributed by atoms with E-state index in [2.05, 4.69) is 37.2 Å². The van der Waals surface area contributed by atoms with Crippen molar-refractivity contribution in [1.29, 1.82) is 0 Å². The van der Waals surface area contributed by atoms with Gasteiger partial charge in [0.1, 0.15) is 24.7 Å². The van der Waals surface area contributed by atoms with Gasteiger partial charge in [-0.2, -0.15) is 0 Å². The first-order chi connectivity index (χ1) is 19.1. The van der Waals surface area contributed by atoms with Crippen molar-refractivity contribution in [2.45, 2.75) is 13.5 Å². The number of rotatable bonds is 10. The molecule has 1 aliphatic heterocycles. The van der Waals surface area contributed by atoms with E-state index >= 15 is 0 Å². The highest BCUT2D eigenvalue weighted by Crippen LogP contribution is 2.38. The van der Waals surface area contributed by atoms with Gasteiger partial charge >= 0.3 is 0 Å². The molecule has 3 aromatic rings. The molecule has 1 aliphatic rings. The van der Waals surface area contributed by atoms with Crippen molar-refractivity contribution in [1.82, 2.24) is 4.90 Å². The number of nitrogens with zero attached hydrogens (tertiary/aromatic N) is 2. The van der Waals surface area contributed by atoms with Crippen LogP contribution in [0.1, 0.15) is 18.1 Å². The number of hydrogen-bond acceptors (Lipinski definition) is 8. The van der Waals surface area contributed by atoms with Crippen molar-refractivity contribution in [3.8, 4) is 11.5 Å². The van der Waals surface area contributed by atoms with Crippen LogP contribution >= 0.6 is 43.6 Å². The Morgan fingerprint density at radius 1 is 1.07 bits per heavy atom. The molecule has 206 valence electrons. The molecule has 0 unspecified atom stereocenters. The van der Waals surface area contributed by atoms with Crippen LogP contribution in [0.15, 0.2) is 74.5 Å². The van der Waals surface area contributed by atoms with Crippen LogP contribution in [0.4, 0.5) is 16.2 Å². The van der Waals surface area contributed by atoms with Crippen LogP contribution in [0.25, 0.3) is 6.08 Å². The minimum Gasteiger partial charge on any atom is -0.494 e. The number of nitrogens with one attached hydrogen (secondary N) is 1. The largest absolute Gasteiger partial charge is 0.494 e. The van der Waals surface area contributed by atoms with Crippen molar-refractivity contribution in [2.24, 2.45) is 0 Å². The van der Waals surface area contributed by atoms with E-state index in [9.17, 15) is 24.5 Å². The highest BCUT2D eigenvalue weighted by atomic mass is 79.9. The first-order valence-corrected chi connectivity index (χ1v) is 14.2. The van der Waals surface area contributed by atoms with Gasteiger partial charge in [0.25, 0.3) is 16.8 Å². The first-order valence-electron chi connectivity index (χ1n) is 11.8. The van der Waals surface area contributed by atoms with Crippen molar-refractivity contribution in [2.75, 3.05) is 18.5 Å². The van der Waals surface area contributed by atoms with Crippen molar-refractivity contribution < 1.29 is 28.8 Å². The van der Waals surface area contributed by atoms with E-state index < -0.39 is 28.5 Å². The second-order valence-electron chi connectivity index (χ2n) is 8.30. The minimum atomic E-state index is -0.574. The van der Waals surface area contributed by atoms with Gasteiger partial charge < -0.3 is 14.8 Å². The summed E-state index contributed by atoms with van der Waals surface area (Å²) in [5.41, 5.74) is 1.71. The summed E-state index contributed by atoms with van der Waals surface area (Å²) < 4.78 is 12.4. The average molecular weight is 691 g/mol. The summed E-state index contributed by atoms with van der Waals surface area (Å²) in [6.07, 6.45) is 1.55. The number of carbonyl (C=O) groups is 3. The molecule has 0 aromatic heterocycles. The lowest BCUT2D eigenvalue weighted by molar-refractivity contribution is -0.384. The van der Waals surface area contributed by atoms with Crippen LogP contribution in [0, 0.1) is 10.1 Å². The molecule has 4 rings (SSSR count). The Morgan fingerprint density at radius 3 is 2.42 bits per heavy atom. The lowest BCUT2D eigenvalue weighted by Gasteiger charge is -2.13. The van der Waals surface area contributed by atoms with Crippen molar-refractivity contribution >= 4 is 78.1 Å². The molecule has 0 aliphatic carbocycles. The molecule has 1 N–H and O–H groups in total. The summed E-state index contributed by atoms with van der Waals surface area (Å²) in [5.74, 6) is 0.0400. The van der Waals surface area contributed by atoms with Gasteiger partial charge in [0, 0.05) is 17.8 Å². The summed E-state index contributed by atoms with van der Waals surface area (Å²) in [6.45, 7) is 2.06.